The van der Waals surface area contributed by atoms with Crippen LogP contribution in [-0.4, -0.2) is 20.7 Å². The summed E-state index contributed by atoms with van der Waals surface area (Å²) in [6, 6.07) is 7.44. The van der Waals surface area contributed by atoms with Gasteiger partial charge in [0.25, 0.3) is 0 Å². The van der Waals surface area contributed by atoms with Crippen LogP contribution in [0, 0.1) is 6.92 Å². The highest BCUT2D eigenvalue weighted by Gasteiger charge is 2.35. The maximum absolute atomic E-state index is 11.7. The Morgan fingerprint density at radius 1 is 1.37 bits per heavy atom. The van der Waals surface area contributed by atoms with Crippen LogP contribution >= 0.6 is 15.9 Å². The molecule has 0 bridgehead atoms. The molecule has 0 amide bonds. The quantitative estimate of drug-likeness (QED) is 0.930. The number of aryl methyl sites for hydroxylation is 1. The molecule has 0 fully saturated rings. The fraction of sp³-hybridized carbons (Fsp3) is 0.308. The SMILES string of the molecule is Cc1noc(-c2ccc(Br)cc2)c1C(C)(O)[S@](C)=O. The molecule has 4 nitrogen and oxygen atoms in total. The summed E-state index contributed by atoms with van der Waals surface area (Å²) >= 11 is 3.36. The van der Waals surface area contributed by atoms with Crippen LogP contribution in [0.2, 0.25) is 0 Å². The Morgan fingerprint density at radius 3 is 2.47 bits per heavy atom. The van der Waals surface area contributed by atoms with Gasteiger partial charge in [0.1, 0.15) is 0 Å². The first kappa shape index (κ1) is 14.4. The van der Waals surface area contributed by atoms with Crippen molar-refractivity contribution in [3.8, 4) is 11.3 Å². The average molecular weight is 344 g/mol. The molecular weight excluding hydrogens is 330 g/mol. The molecule has 0 aliphatic rings. The highest BCUT2D eigenvalue weighted by Crippen LogP contribution is 2.36. The molecule has 6 heteroatoms. The summed E-state index contributed by atoms with van der Waals surface area (Å²) in [6.45, 7) is 3.23. The minimum Gasteiger partial charge on any atom is -0.373 e. The van der Waals surface area contributed by atoms with Crippen molar-refractivity contribution >= 4 is 26.7 Å². The second-order valence-electron chi connectivity index (χ2n) is 4.42. The summed E-state index contributed by atoms with van der Waals surface area (Å²) in [5.74, 6) is 0.449. The Bertz CT molecular complexity index is 619. The lowest BCUT2D eigenvalue weighted by atomic mass is 10.0. The van der Waals surface area contributed by atoms with Gasteiger partial charge in [-0.2, -0.15) is 0 Å². The van der Waals surface area contributed by atoms with E-state index in [1.54, 1.807) is 6.92 Å². The fourth-order valence-electron chi connectivity index (χ4n) is 1.86. The van der Waals surface area contributed by atoms with Crippen LogP contribution in [0.1, 0.15) is 18.2 Å². The van der Waals surface area contributed by atoms with E-state index in [4.69, 9.17) is 4.52 Å². The molecule has 2 atom stereocenters. The first-order valence-electron chi connectivity index (χ1n) is 5.62. The Balaban J connectivity index is 2.61. The first-order valence-corrected chi connectivity index (χ1v) is 7.97. The zero-order valence-electron chi connectivity index (χ0n) is 10.8. The predicted molar refractivity (Wildman–Crippen MR) is 78.0 cm³/mol. The molecule has 2 rings (SSSR count). The zero-order chi connectivity index (χ0) is 14.2. The topological polar surface area (TPSA) is 63.3 Å². The van der Waals surface area contributed by atoms with E-state index in [1.807, 2.05) is 24.3 Å². The Hall–Kier alpha value is -0.980. The number of hydrogen-bond donors (Lipinski definition) is 1. The lowest BCUT2D eigenvalue weighted by Gasteiger charge is -2.20. The maximum Gasteiger partial charge on any atom is 0.174 e. The Labute approximate surface area is 122 Å². The number of benzene rings is 1. The van der Waals surface area contributed by atoms with Gasteiger partial charge in [-0.25, -0.2) is 0 Å². The molecule has 1 unspecified atom stereocenters. The van der Waals surface area contributed by atoms with Gasteiger partial charge >= 0.3 is 0 Å². The molecule has 19 heavy (non-hydrogen) atoms. The number of rotatable bonds is 3. The summed E-state index contributed by atoms with van der Waals surface area (Å²) < 4.78 is 18.0. The van der Waals surface area contributed by atoms with Crippen molar-refractivity contribution in [1.29, 1.82) is 0 Å². The van der Waals surface area contributed by atoms with Crippen LogP contribution in [0.3, 0.4) is 0 Å². The van der Waals surface area contributed by atoms with E-state index in [-0.39, 0.29) is 0 Å². The van der Waals surface area contributed by atoms with E-state index in [0.717, 1.165) is 10.0 Å². The number of halogens is 1. The van der Waals surface area contributed by atoms with Crippen LogP contribution in [0.5, 0.6) is 0 Å². The van der Waals surface area contributed by atoms with E-state index in [1.165, 1.54) is 13.2 Å². The molecule has 0 aliphatic heterocycles. The Morgan fingerprint density at radius 2 is 1.95 bits per heavy atom. The second-order valence-corrected chi connectivity index (χ2v) is 7.03. The average Bonchev–Trinajstić information content (AvgIpc) is 2.72. The van der Waals surface area contributed by atoms with Gasteiger partial charge in [0.2, 0.25) is 0 Å². The van der Waals surface area contributed by atoms with Gasteiger partial charge in [0.05, 0.1) is 22.1 Å². The molecule has 0 saturated carbocycles. The molecule has 1 aromatic carbocycles. The lowest BCUT2D eigenvalue weighted by molar-refractivity contribution is 0.152. The van der Waals surface area contributed by atoms with Crippen molar-refractivity contribution < 1.29 is 13.8 Å². The Kier molecular flexibility index (Phi) is 3.94. The van der Waals surface area contributed by atoms with Crippen molar-refractivity contribution in [3.05, 3.63) is 40.0 Å². The van der Waals surface area contributed by atoms with E-state index in [9.17, 15) is 9.32 Å². The minimum absolute atomic E-state index is 0.449. The monoisotopic (exact) mass is 343 g/mol. The largest absolute Gasteiger partial charge is 0.373 e. The molecule has 2 aromatic rings. The molecule has 0 saturated heterocycles. The minimum atomic E-state index is -1.49. The van der Waals surface area contributed by atoms with Crippen molar-refractivity contribution in [1.82, 2.24) is 5.16 Å². The van der Waals surface area contributed by atoms with Gasteiger partial charge in [-0.3, -0.25) is 4.21 Å². The third kappa shape index (κ3) is 2.66. The van der Waals surface area contributed by atoms with Crippen molar-refractivity contribution in [2.45, 2.75) is 18.8 Å². The number of aromatic nitrogens is 1. The number of aliphatic hydroxyl groups is 1. The molecular formula is C13H14BrNO3S. The molecule has 102 valence electrons. The van der Waals surface area contributed by atoms with Crippen molar-refractivity contribution in [2.75, 3.05) is 6.26 Å². The van der Waals surface area contributed by atoms with Crippen molar-refractivity contribution in [3.63, 3.8) is 0 Å². The molecule has 0 radical (unpaired) electrons. The molecule has 1 aromatic heterocycles. The number of nitrogens with zero attached hydrogens (tertiary/aromatic N) is 1. The normalized spacial score (nSPS) is 16.1. The lowest BCUT2D eigenvalue weighted by Crippen LogP contribution is -2.27. The van der Waals surface area contributed by atoms with E-state index in [0.29, 0.717) is 17.0 Å². The third-order valence-corrected chi connectivity index (χ3v) is 4.85. The summed E-state index contributed by atoms with van der Waals surface area (Å²) in [5, 5.41) is 14.3. The smallest absolute Gasteiger partial charge is 0.174 e. The molecule has 0 aliphatic carbocycles. The van der Waals surface area contributed by atoms with Gasteiger partial charge < -0.3 is 9.63 Å². The summed E-state index contributed by atoms with van der Waals surface area (Å²) in [4.78, 5) is -1.49. The maximum atomic E-state index is 11.7. The van der Waals surface area contributed by atoms with Crippen LogP contribution in [0.15, 0.2) is 33.3 Å². The standard InChI is InChI=1S/C13H14BrNO3S/c1-8-11(13(2,16)19(3)17)12(18-15-8)9-4-6-10(14)7-5-9/h4-7,16H,1-3H3/t13?,19-/m0/s1. The van der Waals surface area contributed by atoms with Crippen LogP contribution in [0.25, 0.3) is 11.3 Å². The summed E-state index contributed by atoms with van der Waals surface area (Å²) in [7, 11) is -1.46. The molecule has 0 spiro atoms. The predicted octanol–water partition coefficient (Wildman–Crippen LogP) is 2.96. The summed E-state index contributed by atoms with van der Waals surface area (Å²) in [6.07, 6.45) is 1.46. The molecule has 1 N–H and O–H groups in total. The van der Waals surface area contributed by atoms with Crippen LogP contribution in [0.4, 0.5) is 0 Å². The molecule has 1 heterocycles. The van der Waals surface area contributed by atoms with E-state index < -0.39 is 15.7 Å². The van der Waals surface area contributed by atoms with Gasteiger partial charge in [0.15, 0.2) is 10.7 Å². The van der Waals surface area contributed by atoms with Gasteiger partial charge in [-0.1, -0.05) is 33.2 Å². The van der Waals surface area contributed by atoms with Crippen LogP contribution in [-0.2, 0) is 15.7 Å². The van der Waals surface area contributed by atoms with E-state index in [2.05, 4.69) is 21.1 Å². The van der Waals surface area contributed by atoms with Crippen molar-refractivity contribution in [2.24, 2.45) is 0 Å². The van der Waals surface area contributed by atoms with E-state index >= 15 is 0 Å². The fourth-order valence-corrected chi connectivity index (χ4v) is 2.65. The second kappa shape index (κ2) is 5.19. The first-order chi connectivity index (χ1) is 8.84. The highest BCUT2D eigenvalue weighted by atomic mass is 79.9. The van der Waals surface area contributed by atoms with Crippen LogP contribution < -0.4 is 0 Å². The van der Waals surface area contributed by atoms with Gasteiger partial charge in [0, 0.05) is 16.3 Å². The highest BCUT2D eigenvalue weighted by molar-refractivity contribution is 9.10. The third-order valence-electron chi connectivity index (χ3n) is 2.99. The zero-order valence-corrected chi connectivity index (χ0v) is 13.2. The van der Waals surface area contributed by atoms with Gasteiger partial charge in [-0.05, 0) is 26.0 Å². The van der Waals surface area contributed by atoms with Gasteiger partial charge in [-0.15, -0.1) is 0 Å². The number of hydrogen-bond acceptors (Lipinski definition) is 4. The summed E-state index contributed by atoms with van der Waals surface area (Å²) in [5.41, 5.74) is 1.79.